The fraction of sp³-hybridized carbons (Fsp3) is 0.556. The number of morpholine rings is 1. The van der Waals surface area contributed by atoms with Crippen LogP contribution in [0.3, 0.4) is 0 Å². The molecule has 212 valence electrons. The van der Waals surface area contributed by atoms with E-state index in [1.807, 2.05) is 35.7 Å². The number of ether oxygens (including phenoxy) is 2. The molecule has 1 aromatic carbocycles. The van der Waals surface area contributed by atoms with E-state index in [4.69, 9.17) is 19.4 Å². The van der Waals surface area contributed by atoms with E-state index in [9.17, 15) is 4.79 Å². The van der Waals surface area contributed by atoms with Crippen molar-refractivity contribution < 1.29 is 18.7 Å². The monoisotopic (exact) mass is 576 g/mol. The van der Waals surface area contributed by atoms with Crippen LogP contribution in [0.1, 0.15) is 42.6 Å². The van der Waals surface area contributed by atoms with Gasteiger partial charge in [0, 0.05) is 30.5 Å². The van der Waals surface area contributed by atoms with Gasteiger partial charge in [0.25, 0.3) is 0 Å². The summed E-state index contributed by atoms with van der Waals surface area (Å²) in [6.45, 7) is 8.62. The summed E-state index contributed by atoms with van der Waals surface area (Å²) in [4.78, 5) is 25.4. The Morgan fingerprint density at radius 2 is 1.95 bits per heavy atom. The molecule has 3 saturated heterocycles. The fourth-order valence-electron chi connectivity index (χ4n) is 6.11. The van der Waals surface area contributed by atoms with Gasteiger partial charge in [0.2, 0.25) is 0 Å². The molecule has 2 aromatic heterocycles. The van der Waals surface area contributed by atoms with Gasteiger partial charge in [0.1, 0.15) is 17.8 Å². The number of alkyl halides is 1. The quantitative estimate of drug-likeness (QED) is 0.413. The first-order valence-corrected chi connectivity index (χ1v) is 13.1. The van der Waals surface area contributed by atoms with Gasteiger partial charge in [0.15, 0.2) is 5.82 Å². The second kappa shape index (κ2) is 12.0. The van der Waals surface area contributed by atoms with Gasteiger partial charge in [-0.15, -0.1) is 0 Å². The number of rotatable bonds is 6. The number of esters is 1. The van der Waals surface area contributed by atoms with Crippen LogP contribution in [0.2, 0.25) is 0 Å². The summed E-state index contributed by atoms with van der Waals surface area (Å²) in [7, 11) is 0. The highest BCUT2D eigenvalue weighted by Crippen LogP contribution is 2.36. The Labute approximate surface area is 241 Å². The molecule has 0 aliphatic carbocycles. The average Bonchev–Trinajstić information content (AvgIpc) is 3.59. The molecular formula is C27H37FN6O3S2. The SMILES string of the molecule is CCOC(=O)CN1CCC(c2cc3c(cnn3-c3cc(N4CC5CC4CO5)nc(C)n3)cc2C)C(F)C1.S.S. The topological polar surface area (TPSA) is 85.6 Å². The van der Waals surface area contributed by atoms with Crippen molar-refractivity contribution in [1.82, 2.24) is 24.6 Å². The maximum atomic E-state index is 15.4. The van der Waals surface area contributed by atoms with Gasteiger partial charge in [-0.3, -0.25) is 9.69 Å². The van der Waals surface area contributed by atoms with Gasteiger partial charge in [-0.1, -0.05) is 0 Å². The number of aryl methyl sites for hydroxylation is 2. The summed E-state index contributed by atoms with van der Waals surface area (Å²) in [5, 5.41) is 5.65. The van der Waals surface area contributed by atoms with E-state index >= 15 is 4.39 Å². The lowest BCUT2D eigenvalue weighted by Gasteiger charge is -2.35. The van der Waals surface area contributed by atoms with Crippen molar-refractivity contribution in [3.8, 4) is 5.82 Å². The van der Waals surface area contributed by atoms with Crippen molar-refractivity contribution in [2.45, 2.75) is 57.8 Å². The number of carbonyl (C=O) groups excluding carboxylic acids is 1. The van der Waals surface area contributed by atoms with Crippen molar-refractivity contribution in [3.05, 3.63) is 41.3 Å². The van der Waals surface area contributed by atoms with E-state index in [-0.39, 0.29) is 58.1 Å². The third-order valence-corrected chi connectivity index (χ3v) is 7.86. The van der Waals surface area contributed by atoms with Crippen molar-refractivity contribution in [2.24, 2.45) is 0 Å². The number of hydrogen-bond donors (Lipinski definition) is 0. The summed E-state index contributed by atoms with van der Waals surface area (Å²) >= 11 is 0. The highest BCUT2D eigenvalue weighted by Gasteiger charge is 2.40. The van der Waals surface area contributed by atoms with E-state index in [0.717, 1.165) is 47.4 Å². The zero-order valence-electron chi connectivity index (χ0n) is 22.6. The summed E-state index contributed by atoms with van der Waals surface area (Å²) in [6.07, 6.45) is 2.71. The summed E-state index contributed by atoms with van der Waals surface area (Å²) < 4.78 is 28.1. The molecule has 0 amide bonds. The molecule has 0 radical (unpaired) electrons. The minimum Gasteiger partial charge on any atom is -0.465 e. The smallest absolute Gasteiger partial charge is 0.320 e. The molecule has 3 aliphatic rings. The van der Waals surface area contributed by atoms with E-state index in [1.165, 1.54) is 0 Å². The molecule has 3 aromatic rings. The lowest BCUT2D eigenvalue weighted by atomic mass is 9.85. The van der Waals surface area contributed by atoms with E-state index in [1.54, 1.807) is 6.92 Å². The standard InChI is InChI=1S/C27H33FN6O3.2H2S/c1-4-36-27(35)14-32-6-5-21(23(28)13-32)22-9-24-18(7-16(22)2)11-29-34(24)26-10-25(30-17(3)31-26)33-12-20-8-19(33)15-37-20;;/h7,9-11,19-21,23H,4-6,8,12-15H2,1-3H3;2*1H2. The Hall–Kier alpha value is -2.41. The number of anilines is 1. The molecule has 3 fully saturated rings. The average molecular weight is 577 g/mol. The van der Waals surface area contributed by atoms with Crippen LogP contribution in [0.4, 0.5) is 10.2 Å². The molecule has 0 saturated carbocycles. The molecule has 9 nitrogen and oxygen atoms in total. The predicted octanol–water partition coefficient (Wildman–Crippen LogP) is 3.33. The second-order valence-corrected chi connectivity index (χ2v) is 10.4. The molecule has 0 spiro atoms. The zero-order valence-corrected chi connectivity index (χ0v) is 24.6. The van der Waals surface area contributed by atoms with Crippen LogP contribution in [0.15, 0.2) is 24.4 Å². The number of hydrogen-bond acceptors (Lipinski definition) is 8. The highest BCUT2D eigenvalue weighted by molar-refractivity contribution is 7.59. The molecule has 0 N–H and O–H groups in total. The van der Waals surface area contributed by atoms with Gasteiger partial charge in [-0.05, 0) is 63.4 Å². The minimum atomic E-state index is -1.07. The van der Waals surface area contributed by atoms with Crippen molar-refractivity contribution >= 4 is 49.7 Å². The first kappa shape index (κ1) is 29.6. The van der Waals surface area contributed by atoms with Crippen LogP contribution in [0.5, 0.6) is 0 Å². The number of fused-ring (bicyclic) bond motifs is 3. The van der Waals surface area contributed by atoms with Gasteiger partial charge >= 0.3 is 5.97 Å². The third kappa shape index (κ3) is 5.75. The number of aromatic nitrogens is 4. The molecule has 2 bridgehead atoms. The Kier molecular flexibility index (Phi) is 9.09. The van der Waals surface area contributed by atoms with Crippen LogP contribution in [0, 0.1) is 13.8 Å². The van der Waals surface area contributed by atoms with Crippen LogP contribution in [0.25, 0.3) is 16.7 Å². The first-order valence-electron chi connectivity index (χ1n) is 13.1. The molecule has 3 aliphatic heterocycles. The zero-order chi connectivity index (χ0) is 25.7. The van der Waals surface area contributed by atoms with Crippen LogP contribution in [-0.2, 0) is 14.3 Å². The van der Waals surface area contributed by atoms with E-state index in [2.05, 4.69) is 22.1 Å². The maximum absolute atomic E-state index is 15.4. The van der Waals surface area contributed by atoms with Gasteiger partial charge in [0.05, 0.1) is 43.6 Å². The minimum absolute atomic E-state index is 0. The Morgan fingerprint density at radius 3 is 2.64 bits per heavy atom. The fourth-order valence-corrected chi connectivity index (χ4v) is 6.11. The number of piperidine rings is 1. The van der Waals surface area contributed by atoms with Gasteiger partial charge in [-0.25, -0.2) is 19.0 Å². The normalized spacial score (nSPS) is 24.5. The summed E-state index contributed by atoms with van der Waals surface area (Å²) in [5.41, 5.74) is 2.93. The second-order valence-electron chi connectivity index (χ2n) is 10.4. The molecule has 4 atom stereocenters. The van der Waals surface area contributed by atoms with Crippen LogP contribution < -0.4 is 4.90 Å². The molecule has 6 rings (SSSR count). The first-order chi connectivity index (χ1) is 17.9. The van der Waals surface area contributed by atoms with Gasteiger partial charge in [-0.2, -0.15) is 32.1 Å². The van der Waals surface area contributed by atoms with Gasteiger partial charge < -0.3 is 14.4 Å². The Bertz CT molecular complexity index is 1340. The number of halogens is 1. The lowest BCUT2D eigenvalue weighted by molar-refractivity contribution is -0.145. The molecule has 5 heterocycles. The molecule has 4 unspecified atom stereocenters. The number of likely N-dealkylation sites (tertiary alicyclic amines) is 1. The number of nitrogens with zero attached hydrogens (tertiary/aromatic N) is 6. The lowest BCUT2D eigenvalue weighted by Crippen LogP contribution is -2.43. The van der Waals surface area contributed by atoms with Crippen molar-refractivity contribution in [3.63, 3.8) is 0 Å². The number of benzene rings is 1. The molecular weight excluding hydrogens is 539 g/mol. The largest absolute Gasteiger partial charge is 0.465 e. The van der Waals surface area contributed by atoms with Crippen LogP contribution >= 0.6 is 27.0 Å². The van der Waals surface area contributed by atoms with E-state index in [0.29, 0.717) is 37.3 Å². The van der Waals surface area contributed by atoms with E-state index < -0.39 is 6.17 Å². The summed E-state index contributed by atoms with van der Waals surface area (Å²) in [5.74, 6) is 1.74. The summed E-state index contributed by atoms with van der Waals surface area (Å²) in [6, 6.07) is 6.49. The molecule has 12 heteroatoms. The highest BCUT2D eigenvalue weighted by atomic mass is 32.1. The third-order valence-electron chi connectivity index (χ3n) is 7.86. The predicted molar refractivity (Wildman–Crippen MR) is 158 cm³/mol. The number of carbonyl (C=O) groups is 1. The Balaban J connectivity index is 0.00000176. The maximum Gasteiger partial charge on any atom is 0.320 e. The van der Waals surface area contributed by atoms with Crippen molar-refractivity contribution in [2.75, 3.05) is 44.3 Å². The van der Waals surface area contributed by atoms with Crippen molar-refractivity contribution in [1.29, 1.82) is 0 Å². The Morgan fingerprint density at radius 1 is 1.15 bits per heavy atom. The van der Waals surface area contributed by atoms with Crippen LogP contribution in [-0.4, -0.2) is 88.3 Å². The molecule has 39 heavy (non-hydrogen) atoms.